The lowest BCUT2D eigenvalue weighted by Crippen LogP contribution is -2.40. The van der Waals surface area contributed by atoms with Gasteiger partial charge in [0.2, 0.25) is 0 Å². The molecule has 1 saturated heterocycles. The van der Waals surface area contributed by atoms with Crippen molar-refractivity contribution in [2.45, 2.75) is 32.6 Å². The van der Waals surface area contributed by atoms with Gasteiger partial charge in [0.05, 0.1) is 6.67 Å². The van der Waals surface area contributed by atoms with Crippen LogP contribution in [0.4, 0.5) is 8.78 Å². The summed E-state index contributed by atoms with van der Waals surface area (Å²) in [4.78, 5) is 2.28. The summed E-state index contributed by atoms with van der Waals surface area (Å²) in [6.07, 6.45) is 5.98. The van der Waals surface area contributed by atoms with Gasteiger partial charge in [-0.2, -0.15) is 0 Å². The highest BCUT2D eigenvalue weighted by Crippen LogP contribution is 2.40. The Kier molecular flexibility index (Phi) is 6.73. The van der Waals surface area contributed by atoms with E-state index in [1.807, 2.05) is 13.0 Å². The Morgan fingerprint density at radius 3 is 2.47 bits per heavy atom. The van der Waals surface area contributed by atoms with E-state index in [1.54, 1.807) is 12.1 Å². The monoisotopic (exact) mass is 455 g/mol. The summed E-state index contributed by atoms with van der Waals surface area (Å²) >= 11 is 0. The van der Waals surface area contributed by atoms with Gasteiger partial charge in [-0.3, -0.25) is 9.29 Å². The average Bonchev–Trinajstić information content (AvgIpc) is 3.00. The van der Waals surface area contributed by atoms with Crippen LogP contribution in [-0.2, 0) is 6.42 Å². The maximum absolute atomic E-state index is 13.9. The van der Waals surface area contributed by atoms with E-state index >= 15 is 0 Å². The lowest BCUT2D eigenvalue weighted by Gasteiger charge is -2.33. The summed E-state index contributed by atoms with van der Waals surface area (Å²) in [5.74, 6) is -0.186. The first-order valence-electron chi connectivity index (χ1n) is 12.3. The molecule has 174 valence electrons. The molecule has 5 rings (SSSR count). The number of hydrogen-bond acceptors (Lipinski definition) is 1. The Morgan fingerprint density at radius 2 is 1.71 bits per heavy atom. The number of benzene rings is 3. The molecule has 2 aliphatic rings. The Morgan fingerprint density at radius 1 is 0.912 bits per heavy atom. The molecule has 1 aliphatic heterocycles. The number of fused-ring (bicyclic) bond motifs is 1. The van der Waals surface area contributed by atoms with Crippen molar-refractivity contribution in [2.24, 2.45) is 0 Å². The van der Waals surface area contributed by atoms with Gasteiger partial charge in [0.25, 0.3) is 0 Å². The highest BCUT2D eigenvalue weighted by molar-refractivity contribution is 6.00. The van der Waals surface area contributed by atoms with Crippen molar-refractivity contribution < 1.29 is 8.78 Å². The number of alkyl halides is 1. The molecular weight excluding hydrogens is 424 g/mol. The van der Waals surface area contributed by atoms with E-state index < -0.39 is 0 Å². The summed E-state index contributed by atoms with van der Waals surface area (Å²) < 4.78 is 26.3. The maximum Gasteiger partial charge on any atom is 0.123 e. The van der Waals surface area contributed by atoms with E-state index in [0.29, 0.717) is 6.42 Å². The normalized spacial score (nSPS) is 16.1. The summed E-state index contributed by atoms with van der Waals surface area (Å²) in [5, 5.41) is 0. The second-order valence-corrected chi connectivity index (χ2v) is 9.50. The fraction of sp³-hybridized carbons (Fsp3) is 0.290. The van der Waals surface area contributed by atoms with Crippen LogP contribution in [0.3, 0.4) is 0 Å². The molecule has 0 spiro atoms. The highest BCUT2D eigenvalue weighted by atomic mass is 19.1. The lowest BCUT2D eigenvalue weighted by molar-refractivity contribution is 0.239. The molecule has 0 aromatic heterocycles. The molecule has 34 heavy (non-hydrogen) atoms. The first kappa shape index (κ1) is 22.7. The maximum atomic E-state index is 13.9. The van der Waals surface area contributed by atoms with Gasteiger partial charge in [-0.25, -0.2) is 4.39 Å². The predicted molar refractivity (Wildman–Crippen MR) is 138 cm³/mol. The largest absolute Gasteiger partial charge is 0.295 e. The van der Waals surface area contributed by atoms with Crippen LogP contribution in [0.5, 0.6) is 0 Å². The Balaban J connectivity index is 1.52. The van der Waals surface area contributed by atoms with E-state index in [-0.39, 0.29) is 12.5 Å². The number of rotatable bonds is 6. The fourth-order valence-electron chi connectivity index (χ4n) is 5.33. The topological polar surface area (TPSA) is 3.24 Å². The third kappa shape index (κ3) is 4.76. The van der Waals surface area contributed by atoms with Gasteiger partial charge in [-0.05, 0) is 94.8 Å². The molecule has 1 heterocycles. The summed E-state index contributed by atoms with van der Waals surface area (Å²) in [6.45, 7) is 4.48. The summed E-state index contributed by atoms with van der Waals surface area (Å²) in [5.41, 5.74) is 11.2. The van der Waals surface area contributed by atoms with E-state index in [4.69, 9.17) is 0 Å². The van der Waals surface area contributed by atoms with Gasteiger partial charge in [-0.1, -0.05) is 60.7 Å². The quantitative estimate of drug-likeness (QED) is 0.372. The number of likely N-dealkylation sites (tertiary alicyclic amines) is 1. The minimum atomic E-state index is -0.241. The number of halogens is 2. The van der Waals surface area contributed by atoms with Crippen molar-refractivity contribution in [1.29, 1.82) is 0 Å². The molecule has 3 aromatic carbocycles. The zero-order valence-electron chi connectivity index (χ0n) is 19.8. The second kappa shape index (κ2) is 10.1. The van der Waals surface area contributed by atoms with E-state index in [2.05, 4.69) is 59.5 Å². The summed E-state index contributed by atoms with van der Waals surface area (Å²) in [7, 11) is 0. The molecule has 0 radical (unpaired) electrons. The number of nitrogens with zero attached hydrogens (tertiary/aromatic N) is 1. The third-order valence-corrected chi connectivity index (χ3v) is 7.01. The van der Waals surface area contributed by atoms with Crippen LogP contribution in [0.1, 0.15) is 52.6 Å². The van der Waals surface area contributed by atoms with Crippen molar-refractivity contribution in [2.75, 3.05) is 26.3 Å². The molecule has 0 atom stereocenters. The number of hydrogen-bond donors (Lipinski definition) is 0. The first-order valence-corrected chi connectivity index (χ1v) is 12.3. The molecule has 1 nitrogen and oxygen atoms in total. The van der Waals surface area contributed by atoms with Crippen LogP contribution in [0, 0.1) is 12.7 Å². The van der Waals surface area contributed by atoms with E-state index in [1.165, 1.54) is 39.0 Å². The van der Waals surface area contributed by atoms with Gasteiger partial charge in [0.15, 0.2) is 0 Å². The third-order valence-electron chi connectivity index (χ3n) is 7.01. The predicted octanol–water partition coefficient (Wildman–Crippen LogP) is 7.49. The lowest BCUT2D eigenvalue weighted by atomic mass is 9.86. The van der Waals surface area contributed by atoms with Gasteiger partial charge in [-0.15, -0.1) is 0 Å². The smallest absolute Gasteiger partial charge is 0.123 e. The molecule has 0 unspecified atom stereocenters. The van der Waals surface area contributed by atoms with Crippen LogP contribution in [0.25, 0.3) is 17.2 Å². The molecule has 1 aliphatic carbocycles. The molecular formula is C31H31F2N. The molecule has 0 bridgehead atoms. The Labute approximate surface area is 201 Å². The van der Waals surface area contributed by atoms with Crippen LogP contribution < -0.4 is 0 Å². The van der Waals surface area contributed by atoms with Crippen molar-refractivity contribution in [1.82, 2.24) is 4.90 Å². The van der Waals surface area contributed by atoms with Crippen molar-refractivity contribution in [3.05, 3.63) is 112 Å². The van der Waals surface area contributed by atoms with Crippen LogP contribution >= 0.6 is 0 Å². The highest BCUT2D eigenvalue weighted by Gasteiger charge is 2.22. The van der Waals surface area contributed by atoms with Crippen LogP contribution in [-0.4, -0.2) is 31.2 Å². The van der Waals surface area contributed by atoms with Crippen LogP contribution in [0.15, 0.2) is 72.3 Å². The minimum absolute atomic E-state index is 0.186. The molecule has 0 N–H and O–H groups in total. The minimum Gasteiger partial charge on any atom is -0.295 e. The van der Waals surface area contributed by atoms with Gasteiger partial charge in [0, 0.05) is 19.6 Å². The van der Waals surface area contributed by atoms with Gasteiger partial charge < -0.3 is 0 Å². The Bertz CT molecular complexity index is 1230. The summed E-state index contributed by atoms with van der Waals surface area (Å²) in [6, 6.07) is 22.7. The van der Waals surface area contributed by atoms with Crippen molar-refractivity contribution >= 4 is 17.2 Å². The zero-order valence-corrected chi connectivity index (χ0v) is 19.8. The molecule has 1 fully saturated rings. The fourth-order valence-corrected chi connectivity index (χ4v) is 5.33. The van der Waals surface area contributed by atoms with Gasteiger partial charge in [0.1, 0.15) is 5.82 Å². The van der Waals surface area contributed by atoms with E-state index in [0.717, 1.165) is 50.0 Å². The molecule has 3 heteroatoms. The average molecular weight is 456 g/mol. The Hall–Kier alpha value is -3.04. The molecule has 0 amide bonds. The van der Waals surface area contributed by atoms with Gasteiger partial charge >= 0.3 is 0 Å². The van der Waals surface area contributed by atoms with Crippen LogP contribution in [0.2, 0.25) is 0 Å². The van der Waals surface area contributed by atoms with Crippen molar-refractivity contribution in [3.63, 3.8) is 0 Å². The van der Waals surface area contributed by atoms with Crippen molar-refractivity contribution in [3.8, 4) is 0 Å². The van der Waals surface area contributed by atoms with E-state index in [9.17, 15) is 8.78 Å². The molecule has 3 aromatic rings. The number of aryl methyl sites for hydroxylation is 2. The first-order chi connectivity index (χ1) is 16.6. The SMILES string of the molecule is Cc1cc(F)ccc1C1=C(c2ccc(C=C3CN(CCCF)C3)cc2)c2ccccc2CCC1. The molecule has 0 saturated carbocycles. The standard InChI is InChI=1S/C31H31F2N/c1-22-18-27(33)14-15-28(22)30-9-4-7-25-6-2-3-8-29(25)31(30)26-12-10-23(11-13-26)19-24-20-34(21-24)17-5-16-32/h2-3,6,8,10-15,18-19H,4-5,7,9,16-17,20-21H2,1H3. The second-order valence-electron chi connectivity index (χ2n) is 9.50. The number of allylic oxidation sites excluding steroid dienone is 1. The zero-order chi connectivity index (χ0) is 23.5.